The summed E-state index contributed by atoms with van der Waals surface area (Å²) in [5, 5.41) is 3.87. The van der Waals surface area contributed by atoms with E-state index in [9.17, 15) is 4.79 Å². The van der Waals surface area contributed by atoms with E-state index < -0.39 is 0 Å². The first-order chi connectivity index (χ1) is 8.45. The summed E-state index contributed by atoms with van der Waals surface area (Å²) < 4.78 is 5.05. The maximum atomic E-state index is 11.8. The van der Waals surface area contributed by atoms with E-state index in [1.54, 1.807) is 18.4 Å². The Kier molecular flexibility index (Phi) is 5.71. The van der Waals surface area contributed by atoms with E-state index in [0.29, 0.717) is 13.2 Å². The van der Waals surface area contributed by atoms with Crippen LogP contribution in [-0.2, 0) is 22.7 Å². The summed E-state index contributed by atoms with van der Waals surface area (Å²) >= 11 is 1.58. The number of nitrogens with zero attached hydrogens (tertiary/aromatic N) is 2. The lowest BCUT2D eigenvalue weighted by Gasteiger charge is -2.18. The SMILES string of the molecule is COCc1nc(C)c(CNC(=O)[C@H](C)N(C)C)s1. The van der Waals surface area contributed by atoms with Crippen LogP contribution in [0.2, 0.25) is 0 Å². The van der Waals surface area contributed by atoms with Crippen LogP contribution in [0, 0.1) is 6.92 Å². The smallest absolute Gasteiger partial charge is 0.237 e. The lowest BCUT2D eigenvalue weighted by molar-refractivity contribution is -0.125. The van der Waals surface area contributed by atoms with Gasteiger partial charge < -0.3 is 10.1 Å². The topological polar surface area (TPSA) is 54.5 Å². The normalized spacial score (nSPS) is 12.8. The highest BCUT2D eigenvalue weighted by atomic mass is 32.1. The van der Waals surface area contributed by atoms with E-state index in [4.69, 9.17) is 4.74 Å². The molecule has 1 atom stereocenters. The Morgan fingerprint density at radius 3 is 2.78 bits per heavy atom. The van der Waals surface area contributed by atoms with E-state index in [-0.39, 0.29) is 11.9 Å². The van der Waals surface area contributed by atoms with Crippen LogP contribution in [-0.4, -0.2) is 43.0 Å². The fraction of sp³-hybridized carbons (Fsp3) is 0.667. The number of nitrogens with one attached hydrogen (secondary N) is 1. The molecule has 0 aliphatic rings. The molecule has 1 rings (SSSR count). The molecule has 0 aliphatic heterocycles. The van der Waals surface area contributed by atoms with Crippen molar-refractivity contribution in [2.45, 2.75) is 33.0 Å². The van der Waals surface area contributed by atoms with Crippen LogP contribution >= 0.6 is 11.3 Å². The summed E-state index contributed by atoms with van der Waals surface area (Å²) in [5.74, 6) is 0.0288. The third-order valence-electron chi connectivity index (χ3n) is 2.78. The number of methoxy groups -OCH3 is 1. The Morgan fingerprint density at radius 1 is 1.56 bits per heavy atom. The summed E-state index contributed by atoms with van der Waals surface area (Å²) in [7, 11) is 5.43. The van der Waals surface area contributed by atoms with Crippen LogP contribution in [0.15, 0.2) is 0 Å². The number of aryl methyl sites for hydroxylation is 1. The number of carbonyl (C=O) groups excluding carboxylic acids is 1. The fourth-order valence-corrected chi connectivity index (χ4v) is 2.37. The second-order valence-electron chi connectivity index (χ2n) is 4.41. The Balaban J connectivity index is 2.55. The molecular formula is C12H21N3O2S. The van der Waals surface area contributed by atoms with Gasteiger partial charge in [-0.3, -0.25) is 9.69 Å². The van der Waals surface area contributed by atoms with Gasteiger partial charge in [-0.05, 0) is 27.9 Å². The average molecular weight is 271 g/mol. The molecule has 0 aromatic carbocycles. The molecule has 0 spiro atoms. The molecule has 6 heteroatoms. The molecule has 0 fully saturated rings. The second kappa shape index (κ2) is 6.82. The van der Waals surface area contributed by atoms with Crippen LogP contribution < -0.4 is 5.32 Å². The van der Waals surface area contributed by atoms with Gasteiger partial charge in [-0.1, -0.05) is 0 Å². The molecule has 0 saturated carbocycles. The monoisotopic (exact) mass is 271 g/mol. The van der Waals surface area contributed by atoms with Gasteiger partial charge >= 0.3 is 0 Å². The minimum Gasteiger partial charge on any atom is -0.378 e. The van der Waals surface area contributed by atoms with Gasteiger partial charge in [-0.15, -0.1) is 11.3 Å². The number of hydrogen-bond donors (Lipinski definition) is 1. The quantitative estimate of drug-likeness (QED) is 0.843. The summed E-state index contributed by atoms with van der Waals surface area (Å²) in [6.45, 7) is 4.88. The highest BCUT2D eigenvalue weighted by Crippen LogP contribution is 2.18. The van der Waals surface area contributed by atoms with Crippen molar-refractivity contribution < 1.29 is 9.53 Å². The summed E-state index contributed by atoms with van der Waals surface area (Å²) in [5.41, 5.74) is 0.963. The van der Waals surface area contributed by atoms with E-state index in [1.807, 2.05) is 32.8 Å². The Morgan fingerprint density at radius 2 is 2.22 bits per heavy atom. The van der Waals surface area contributed by atoms with E-state index in [0.717, 1.165) is 15.6 Å². The molecule has 5 nitrogen and oxygen atoms in total. The number of aromatic nitrogens is 1. The largest absolute Gasteiger partial charge is 0.378 e. The first-order valence-electron chi connectivity index (χ1n) is 5.84. The number of amides is 1. The second-order valence-corrected chi connectivity index (χ2v) is 5.57. The van der Waals surface area contributed by atoms with Crippen molar-refractivity contribution >= 4 is 17.2 Å². The third kappa shape index (κ3) is 4.04. The number of likely N-dealkylation sites (N-methyl/N-ethyl adjacent to an activating group) is 1. The van der Waals surface area contributed by atoms with Crippen molar-refractivity contribution in [3.63, 3.8) is 0 Å². The molecule has 0 radical (unpaired) electrons. The zero-order chi connectivity index (χ0) is 13.7. The van der Waals surface area contributed by atoms with E-state index in [1.165, 1.54) is 0 Å². The van der Waals surface area contributed by atoms with Crippen molar-refractivity contribution in [1.29, 1.82) is 0 Å². The highest BCUT2D eigenvalue weighted by Gasteiger charge is 2.15. The molecular weight excluding hydrogens is 250 g/mol. The van der Waals surface area contributed by atoms with Crippen LogP contribution in [0.5, 0.6) is 0 Å². The number of rotatable bonds is 6. The van der Waals surface area contributed by atoms with Gasteiger partial charge in [-0.2, -0.15) is 0 Å². The summed E-state index contributed by atoms with van der Waals surface area (Å²) in [4.78, 5) is 19.2. The standard InChI is InChI=1S/C12H21N3O2S/c1-8-10(18-11(14-8)7-17-5)6-13-12(16)9(2)15(3)4/h9H,6-7H2,1-5H3,(H,13,16)/t9-/m0/s1. The zero-order valence-corrected chi connectivity index (χ0v) is 12.4. The number of carbonyl (C=O) groups is 1. The average Bonchev–Trinajstić information content (AvgIpc) is 2.66. The highest BCUT2D eigenvalue weighted by molar-refractivity contribution is 7.11. The first kappa shape index (κ1) is 15.1. The number of hydrogen-bond acceptors (Lipinski definition) is 5. The lowest BCUT2D eigenvalue weighted by atomic mass is 10.3. The third-order valence-corrected chi connectivity index (χ3v) is 3.91. The Bertz CT molecular complexity index is 404. The van der Waals surface area contributed by atoms with Crippen LogP contribution in [0.1, 0.15) is 22.5 Å². The molecule has 0 aliphatic carbocycles. The molecule has 1 aromatic rings. The van der Waals surface area contributed by atoms with Gasteiger partial charge in [0.05, 0.1) is 24.9 Å². The predicted molar refractivity (Wildman–Crippen MR) is 72.6 cm³/mol. The van der Waals surface area contributed by atoms with E-state index in [2.05, 4.69) is 10.3 Å². The van der Waals surface area contributed by atoms with Crippen molar-refractivity contribution in [2.75, 3.05) is 21.2 Å². The summed E-state index contributed by atoms with van der Waals surface area (Å²) in [6, 6.07) is -0.128. The summed E-state index contributed by atoms with van der Waals surface area (Å²) in [6.07, 6.45) is 0. The van der Waals surface area contributed by atoms with Crippen molar-refractivity contribution in [2.24, 2.45) is 0 Å². The molecule has 1 N–H and O–H groups in total. The van der Waals surface area contributed by atoms with Crippen LogP contribution in [0.25, 0.3) is 0 Å². The van der Waals surface area contributed by atoms with Gasteiger partial charge in [0, 0.05) is 12.0 Å². The van der Waals surface area contributed by atoms with Gasteiger partial charge in [-0.25, -0.2) is 4.98 Å². The lowest BCUT2D eigenvalue weighted by Crippen LogP contribution is -2.41. The van der Waals surface area contributed by atoms with Crippen LogP contribution in [0.3, 0.4) is 0 Å². The fourth-order valence-electron chi connectivity index (χ4n) is 1.39. The number of ether oxygens (including phenoxy) is 1. The Labute approximate surface area is 112 Å². The van der Waals surface area contributed by atoms with Crippen molar-refractivity contribution in [3.8, 4) is 0 Å². The van der Waals surface area contributed by atoms with E-state index >= 15 is 0 Å². The van der Waals surface area contributed by atoms with Gasteiger partial charge in [0.15, 0.2) is 0 Å². The molecule has 1 amide bonds. The number of thiazole rings is 1. The van der Waals surface area contributed by atoms with Gasteiger partial charge in [0.25, 0.3) is 0 Å². The molecule has 0 bridgehead atoms. The maximum Gasteiger partial charge on any atom is 0.237 e. The first-order valence-corrected chi connectivity index (χ1v) is 6.65. The predicted octanol–water partition coefficient (Wildman–Crippen LogP) is 1.16. The maximum absolute atomic E-state index is 11.8. The van der Waals surface area contributed by atoms with Crippen LogP contribution in [0.4, 0.5) is 0 Å². The van der Waals surface area contributed by atoms with Crippen molar-refractivity contribution in [3.05, 3.63) is 15.6 Å². The molecule has 18 heavy (non-hydrogen) atoms. The minimum atomic E-state index is -0.128. The van der Waals surface area contributed by atoms with Gasteiger partial charge in [0.2, 0.25) is 5.91 Å². The van der Waals surface area contributed by atoms with Gasteiger partial charge in [0.1, 0.15) is 5.01 Å². The molecule has 1 heterocycles. The molecule has 1 aromatic heterocycles. The molecule has 0 saturated heterocycles. The molecule has 0 unspecified atom stereocenters. The Hall–Kier alpha value is -0.980. The van der Waals surface area contributed by atoms with Crippen molar-refractivity contribution in [1.82, 2.24) is 15.2 Å². The zero-order valence-electron chi connectivity index (χ0n) is 11.6. The minimum absolute atomic E-state index is 0.0288. The molecule has 102 valence electrons.